The Morgan fingerprint density at radius 3 is 3.11 bits per heavy atom. The van der Waals surface area contributed by atoms with Crippen LogP contribution in [0.1, 0.15) is 37.3 Å². The van der Waals surface area contributed by atoms with E-state index in [1.54, 1.807) is 6.08 Å². The number of hydrogen-bond acceptors (Lipinski definition) is 2. The molecule has 0 aromatic heterocycles. The Hall–Kier alpha value is -1.77. The molecule has 1 aromatic rings. The summed E-state index contributed by atoms with van der Waals surface area (Å²) in [6, 6.07) is 6.25. The maximum Gasteiger partial charge on any atom is 0.261 e. The molecule has 3 heteroatoms. The van der Waals surface area contributed by atoms with Crippen molar-refractivity contribution in [3.63, 3.8) is 0 Å². The maximum absolute atomic E-state index is 11.9. The second-order valence-electron chi connectivity index (χ2n) is 5.02. The minimum Gasteiger partial charge on any atom is -0.480 e. The summed E-state index contributed by atoms with van der Waals surface area (Å²) in [7, 11) is 0. The highest BCUT2D eigenvalue weighted by Gasteiger charge is 2.29. The van der Waals surface area contributed by atoms with Crippen LogP contribution in [0.15, 0.2) is 30.9 Å². The van der Waals surface area contributed by atoms with Crippen molar-refractivity contribution in [2.75, 3.05) is 6.54 Å². The topological polar surface area (TPSA) is 38.3 Å². The Labute approximate surface area is 114 Å². The summed E-state index contributed by atoms with van der Waals surface area (Å²) < 4.78 is 5.69. The fourth-order valence-electron chi connectivity index (χ4n) is 2.24. The number of benzene rings is 1. The molecule has 1 N–H and O–H groups in total. The molecule has 0 saturated heterocycles. The Morgan fingerprint density at radius 2 is 2.42 bits per heavy atom. The van der Waals surface area contributed by atoms with Crippen LogP contribution >= 0.6 is 0 Å². The van der Waals surface area contributed by atoms with E-state index in [0.29, 0.717) is 18.9 Å². The van der Waals surface area contributed by atoms with Gasteiger partial charge in [0.25, 0.3) is 5.91 Å². The van der Waals surface area contributed by atoms with Crippen LogP contribution in [0.2, 0.25) is 0 Å². The van der Waals surface area contributed by atoms with Crippen LogP contribution in [0.3, 0.4) is 0 Å². The number of nitrogens with one attached hydrogen (secondary N) is 1. The van der Waals surface area contributed by atoms with Crippen molar-refractivity contribution < 1.29 is 9.53 Å². The van der Waals surface area contributed by atoms with Gasteiger partial charge in [-0.25, -0.2) is 0 Å². The average molecular weight is 259 g/mol. The van der Waals surface area contributed by atoms with Crippen molar-refractivity contribution in [3.8, 4) is 5.75 Å². The zero-order valence-corrected chi connectivity index (χ0v) is 11.6. The summed E-state index contributed by atoms with van der Waals surface area (Å²) in [4.78, 5) is 11.9. The first-order valence-corrected chi connectivity index (χ1v) is 6.83. The van der Waals surface area contributed by atoms with E-state index in [1.165, 1.54) is 5.56 Å². The van der Waals surface area contributed by atoms with E-state index in [-0.39, 0.29) is 5.91 Å². The fraction of sp³-hybridized carbons (Fsp3) is 0.438. The van der Waals surface area contributed by atoms with Gasteiger partial charge < -0.3 is 10.1 Å². The minimum absolute atomic E-state index is 0.0683. The molecule has 0 spiro atoms. The van der Waals surface area contributed by atoms with Crippen LogP contribution in [0, 0.1) is 0 Å². The number of amides is 1. The SMILES string of the molecule is C=CCNC(=O)C1Cc2cc(C(C)CC)ccc2O1. The number of carbonyl (C=O) groups is 1. The van der Waals surface area contributed by atoms with Gasteiger partial charge in [-0.1, -0.05) is 32.1 Å². The summed E-state index contributed by atoms with van der Waals surface area (Å²) in [5, 5.41) is 2.78. The van der Waals surface area contributed by atoms with Crippen molar-refractivity contribution in [2.45, 2.75) is 38.7 Å². The van der Waals surface area contributed by atoms with Gasteiger partial charge >= 0.3 is 0 Å². The first-order chi connectivity index (χ1) is 9.15. The van der Waals surface area contributed by atoms with Crippen molar-refractivity contribution in [1.29, 1.82) is 0 Å². The van der Waals surface area contributed by atoms with Crippen LogP contribution in [0.4, 0.5) is 0 Å². The molecule has 0 aliphatic carbocycles. The van der Waals surface area contributed by atoms with Gasteiger partial charge in [-0.3, -0.25) is 4.79 Å². The van der Waals surface area contributed by atoms with E-state index < -0.39 is 6.10 Å². The molecule has 0 radical (unpaired) electrons. The van der Waals surface area contributed by atoms with Crippen LogP contribution in [0.5, 0.6) is 5.75 Å². The second-order valence-corrected chi connectivity index (χ2v) is 5.02. The lowest BCUT2D eigenvalue weighted by atomic mass is 9.96. The summed E-state index contributed by atoms with van der Waals surface area (Å²) in [6.45, 7) is 8.46. The fourth-order valence-corrected chi connectivity index (χ4v) is 2.24. The number of rotatable bonds is 5. The highest BCUT2D eigenvalue weighted by Crippen LogP contribution is 2.32. The van der Waals surface area contributed by atoms with Gasteiger partial charge in [0, 0.05) is 13.0 Å². The molecular weight excluding hydrogens is 238 g/mol. The molecular formula is C16H21NO2. The lowest BCUT2D eigenvalue weighted by molar-refractivity contribution is -0.127. The lowest BCUT2D eigenvalue weighted by Gasteiger charge is -2.10. The van der Waals surface area contributed by atoms with Gasteiger partial charge in [0.15, 0.2) is 6.10 Å². The molecule has 0 bridgehead atoms. The monoisotopic (exact) mass is 259 g/mol. The maximum atomic E-state index is 11.9. The molecule has 0 fully saturated rings. The van der Waals surface area contributed by atoms with Crippen molar-refractivity contribution >= 4 is 5.91 Å². The van der Waals surface area contributed by atoms with Crippen LogP contribution in [0.25, 0.3) is 0 Å². The van der Waals surface area contributed by atoms with Crippen molar-refractivity contribution in [3.05, 3.63) is 42.0 Å². The molecule has 1 aliphatic rings. The molecule has 3 nitrogen and oxygen atoms in total. The number of hydrogen-bond donors (Lipinski definition) is 1. The van der Waals surface area contributed by atoms with E-state index in [0.717, 1.165) is 17.7 Å². The molecule has 0 saturated carbocycles. The Morgan fingerprint density at radius 1 is 1.63 bits per heavy atom. The van der Waals surface area contributed by atoms with Crippen LogP contribution < -0.4 is 10.1 Å². The van der Waals surface area contributed by atoms with Gasteiger partial charge in [-0.05, 0) is 29.5 Å². The van der Waals surface area contributed by atoms with E-state index in [9.17, 15) is 4.79 Å². The molecule has 1 heterocycles. The van der Waals surface area contributed by atoms with Crippen LogP contribution in [-0.4, -0.2) is 18.6 Å². The molecule has 1 amide bonds. The largest absolute Gasteiger partial charge is 0.480 e. The zero-order chi connectivity index (χ0) is 13.8. The first-order valence-electron chi connectivity index (χ1n) is 6.83. The third-order valence-corrected chi connectivity index (χ3v) is 3.65. The van der Waals surface area contributed by atoms with E-state index in [2.05, 4.69) is 37.9 Å². The Bertz CT molecular complexity index is 482. The molecule has 1 aliphatic heterocycles. The third kappa shape index (κ3) is 2.98. The highest BCUT2D eigenvalue weighted by molar-refractivity contribution is 5.82. The molecule has 2 atom stereocenters. The average Bonchev–Trinajstić information content (AvgIpc) is 2.86. The van der Waals surface area contributed by atoms with Gasteiger partial charge in [0.1, 0.15) is 5.75 Å². The van der Waals surface area contributed by atoms with Gasteiger partial charge in [-0.15, -0.1) is 6.58 Å². The smallest absolute Gasteiger partial charge is 0.261 e. The standard InChI is InChI=1S/C16H21NO2/c1-4-8-17-16(18)15-10-13-9-12(11(3)5-2)6-7-14(13)19-15/h4,6-7,9,11,15H,1,5,8,10H2,2-3H3,(H,17,18). The number of fused-ring (bicyclic) bond motifs is 1. The van der Waals surface area contributed by atoms with E-state index in [4.69, 9.17) is 4.74 Å². The Kier molecular flexibility index (Phi) is 4.25. The van der Waals surface area contributed by atoms with Crippen molar-refractivity contribution in [1.82, 2.24) is 5.32 Å². The molecule has 1 aromatic carbocycles. The van der Waals surface area contributed by atoms with E-state index >= 15 is 0 Å². The lowest BCUT2D eigenvalue weighted by Crippen LogP contribution is -2.37. The number of carbonyl (C=O) groups excluding carboxylic acids is 1. The zero-order valence-electron chi connectivity index (χ0n) is 11.6. The highest BCUT2D eigenvalue weighted by atomic mass is 16.5. The van der Waals surface area contributed by atoms with Crippen molar-refractivity contribution in [2.24, 2.45) is 0 Å². The summed E-state index contributed by atoms with van der Waals surface area (Å²) in [5.41, 5.74) is 2.45. The van der Waals surface area contributed by atoms with Gasteiger partial charge in [0.05, 0.1) is 0 Å². The minimum atomic E-state index is -0.401. The first kappa shape index (κ1) is 13.7. The van der Waals surface area contributed by atoms with Crippen LogP contribution in [-0.2, 0) is 11.2 Å². The quantitative estimate of drug-likeness (QED) is 0.826. The molecule has 102 valence electrons. The predicted molar refractivity (Wildman–Crippen MR) is 76.5 cm³/mol. The second kappa shape index (κ2) is 5.91. The number of ether oxygens (including phenoxy) is 1. The van der Waals surface area contributed by atoms with Gasteiger partial charge in [-0.2, -0.15) is 0 Å². The molecule has 2 rings (SSSR count). The third-order valence-electron chi connectivity index (χ3n) is 3.65. The van der Waals surface area contributed by atoms with Gasteiger partial charge in [0.2, 0.25) is 0 Å². The summed E-state index contributed by atoms with van der Waals surface area (Å²) in [6.07, 6.45) is 3.04. The summed E-state index contributed by atoms with van der Waals surface area (Å²) in [5.74, 6) is 1.31. The molecule has 19 heavy (non-hydrogen) atoms. The predicted octanol–water partition coefficient (Wildman–Crippen LogP) is 2.81. The Balaban J connectivity index is 2.07. The molecule has 2 unspecified atom stereocenters. The normalized spacial score (nSPS) is 18.3. The van der Waals surface area contributed by atoms with E-state index in [1.807, 2.05) is 6.07 Å². The summed E-state index contributed by atoms with van der Waals surface area (Å²) >= 11 is 0.